The van der Waals surface area contributed by atoms with Crippen molar-refractivity contribution < 1.29 is 12.8 Å². The van der Waals surface area contributed by atoms with Crippen LogP contribution >= 0.6 is 0 Å². The van der Waals surface area contributed by atoms with Crippen LogP contribution in [0, 0.1) is 5.82 Å². The molecule has 0 N–H and O–H groups in total. The minimum atomic E-state index is -2.87. The monoisotopic (exact) mass is 299 g/mol. The molecule has 3 nitrogen and oxygen atoms in total. The maximum Gasteiger partial charge on any atom is 0.147 e. The van der Waals surface area contributed by atoms with Crippen molar-refractivity contribution in [2.75, 3.05) is 25.1 Å². The van der Waals surface area contributed by atoms with E-state index in [4.69, 9.17) is 0 Å². The van der Waals surface area contributed by atoms with Gasteiger partial charge in [0.05, 0.1) is 5.75 Å². The van der Waals surface area contributed by atoms with Crippen LogP contribution in [0.2, 0.25) is 0 Å². The van der Waals surface area contributed by atoms with Crippen molar-refractivity contribution in [2.24, 2.45) is 0 Å². The average molecular weight is 299 g/mol. The molecule has 2 atom stereocenters. The summed E-state index contributed by atoms with van der Waals surface area (Å²) in [6, 6.07) is 7.17. The molecule has 112 valence electrons. The lowest BCUT2D eigenvalue weighted by atomic mass is 9.97. The van der Waals surface area contributed by atoms with Crippen LogP contribution < -0.4 is 0 Å². The number of sulfone groups is 1. The van der Waals surface area contributed by atoms with Crippen molar-refractivity contribution in [3.63, 3.8) is 0 Å². The van der Waals surface area contributed by atoms with Gasteiger partial charge in [-0.2, -0.15) is 0 Å². The SMILES string of the molecule is C[C@@H]1C[C@H](c2ccc(F)cc2)CN1CCCS(C)(=O)=O. The van der Waals surface area contributed by atoms with Crippen molar-refractivity contribution in [3.8, 4) is 0 Å². The standard InChI is InChI=1S/C15H22FNO2S/c1-12-10-14(13-4-6-15(16)7-5-13)11-17(12)8-3-9-20(2,18)19/h4-7,12,14H,3,8-11H2,1-2H3/t12-,14+/m1/s1. The maximum atomic E-state index is 12.9. The van der Waals surface area contributed by atoms with Gasteiger partial charge in [0.1, 0.15) is 15.7 Å². The molecule has 1 aliphatic rings. The van der Waals surface area contributed by atoms with Gasteiger partial charge in [0.25, 0.3) is 0 Å². The highest BCUT2D eigenvalue weighted by atomic mass is 32.2. The summed E-state index contributed by atoms with van der Waals surface area (Å²) in [6.07, 6.45) is 3.01. The topological polar surface area (TPSA) is 37.4 Å². The van der Waals surface area contributed by atoms with Crippen LogP contribution in [0.15, 0.2) is 24.3 Å². The molecular formula is C15H22FNO2S. The zero-order valence-corrected chi connectivity index (χ0v) is 12.9. The van der Waals surface area contributed by atoms with E-state index in [9.17, 15) is 12.8 Å². The fraction of sp³-hybridized carbons (Fsp3) is 0.600. The second-order valence-corrected chi connectivity index (χ2v) is 8.07. The minimum absolute atomic E-state index is 0.204. The van der Waals surface area contributed by atoms with E-state index < -0.39 is 9.84 Å². The highest BCUT2D eigenvalue weighted by Crippen LogP contribution is 2.31. The third-order valence-corrected chi connectivity index (χ3v) is 5.04. The van der Waals surface area contributed by atoms with E-state index in [1.807, 2.05) is 12.1 Å². The molecule has 0 unspecified atom stereocenters. The molecule has 1 aromatic rings. The van der Waals surface area contributed by atoms with Crippen LogP contribution in [0.5, 0.6) is 0 Å². The van der Waals surface area contributed by atoms with Gasteiger partial charge < -0.3 is 0 Å². The highest BCUT2D eigenvalue weighted by Gasteiger charge is 2.29. The van der Waals surface area contributed by atoms with Gasteiger partial charge in [-0.25, -0.2) is 12.8 Å². The van der Waals surface area contributed by atoms with Gasteiger partial charge in [0.2, 0.25) is 0 Å². The number of halogens is 1. The van der Waals surface area contributed by atoms with E-state index in [-0.39, 0.29) is 11.6 Å². The van der Waals surface area contributed by atoms with Crippen LogP contribution in [-0.2, 0) is 9.84 Å². The molecule has 0 aliphatic carbocycles. The fourth-order valence-electron chi connectivity index (χ4n) is 2.92. The molecule has 20 heavy (non-hydrogen) atoms. The number of rotatable bonds is 5. The van der Waals surface area contributed by atoms with Gasteiger partial charge >= 0.3 is 0 Å². The predicted molar refractivity (Wildman–Crippen MR) is 79.1 cm³/mol. The number of likely N-dealkylation sites (tertiary alicyclic amines) is 1. The lowest BCUT2D eigenvalue weighted by molar-refractivity contribution is 0.268. The minimum Gasteiger partial charge on any atom is -0.300 e. The second-order valence-electron chi connectivity index (χ2n) is 5.81. The number of hydrogen-bond acceptors (Lipinski definition) is 3. The first-order chi connectivity index (χ1) is 9.35. The third-order valence-electron chi connectivity index (χ3n) is 4.01. The Labute approximate surface area is 120 Å². The van der Waals surface area contributed by atoms with Gasteiger partial charge in [-0.3, -0.25) is 4.90 Å². The molecule has 0 aromatic heterocycles. The van der Waals surface area contributed by atoms with Gasteiger partial charge in [-0.15, -0.1) is 0 Å². The first-order valence-electron chi connectivity index (χ1n) is 7.02. The van der Waals surface area contributed by atoms with Crippen LogP contribution in [-0.4, -0.2) is 44.5 Å². The summed E-state index contributed by atoms with van der Waals surface area (Å²) in [6.45, 7) is 3.91. The van der Waals surface area contributed by atoms with Crippen molar-refractivity contribution in [3.05, 3.63) is 35.6 Å². The van der Waals surface area contributed by atoms with Crippen LogP contribution in [0.3, 0.4) is 0 Å². The molecule has 5 heteroatoms. The lowest BCUT2D eigenvalue weighted by Gasteiger charge is -2.20. The molecule has 1 aromatic carbocycles. The van der Waals surface area contributed by atoms with Gasteiger partial charge in [-0.1, -0.05) is 12.1 Å². The second kappa shape index (κ2) is 6.22. The molecule has 0 amide bonds. The molecular weight excluding hydrogens is 277 g/mol. The summed E-state index contributed by atoms with van der Waals surface area (Å²) in [5, 5.41) is 0. The van der Waals surface area contributed by atoms with E-state index in [0.29, 0.717) is 18.4 Å². The molecule has 0 bridgehead atoms. The van der Waals surface area contributed by atoms with Gasteiger partial charge in [0.15, 0.2) is 0 Å². The summed E-state index contributed by atoms with van der Waals surface area (Å²) in [7, 11) is -2.87. The maximum absolute atomic E-state index is 12.9. The van der Waals surface area contributed by atoms with E-state index in [1.54, 1.807) is 0 Å². The molecule has 1 heterocycles. The van der Waals surface area contributed by atoms with E-state index in [0.717, 1.165) is 19.5 Å². The quantitative estimate of drug-likeness (QED) is 0.838. The fourth-order valence-corrected chi connectivity index (χ4v) is 3.57. The Morgan fingerprint density at radius 2 is 1.95 bits per heavy atom. The summed E-state index contributed by atoms with van der Waals surface area (Å²) in [5.41, 5.74) is 1.17. The summed E-state index contributed by atoms with van der Waals surface area (Å²) in [4.78, 5) is 2.33. The molecule has 0 radical (unpaired) electrons. The van der Waals surface area contributed by atoms with Crippen molar-refractivity contribution >= 4 is 9.84 Å². The first kappa shape index (κ1) is 15.4. The van der Waals surface area contributed by atoms with Crippen molar-refractivity contribution in [2.45, 2.75) is 31.7 Å². The van der Waals surface area contributed by atoms with Gasteiger partial charge in [0, 0.05) is 18.8 Å². The normalized spacial score (nSPS) is 24.1. The Bertz CT molecular complexity index is 541. The predicted octanol–water partition coefficient (Wildman–Crippen LogP) is 2.44. The van der Waals surface area contributed by atoms with Crippen LogP contribution in [0.1, 0.15) is 31.2 Å². The Morgan fingerprint density at radius 3 is 2.55 bits per heavy atom. The molecule has 2 rings (SSSR count). The Hall–Kier alpha value is -0.940. The zero-order valence-electron chi connectivity index (χ0n) is 12.0. The van der Waals surface area contributed by atoms with Crippen LogP contribution in [0.4, 0.5) is 4.39 Å². The van der Waals surface area contributed by atoms with E-state index in [1.165, 1.54) is 24.0 Å². The lowest BCUT2D eigenvalue weighted by Crippen LogP contribution is -2.29. The summed E-state index contributed by atoms with van der Waals surface area (Å²) < 4.78 is 35.2. The molecule has 0 saturated carbocycles. The summed E-state index contributed by atoms with van der Waals surface area (Å²) >= 11 is 0. The van der Waals surface area contributed by atoms with Crippen LogP contribution in [0.25, 0.3) is 0 Å². The number of benzene rings is 1. The Kier molecular flexibility index (Phi) is 4.81. The van der Waals surface area contributed by atoms with Gasteiger partial charge in [-0.05, 0) is 49.9 Å². The van der Waals surface area contributed by atoms with Crippen molar-refractivity contribution in [1.29, 1.82) is 0 Å². The third kappa shape index (κ3) is 4.28. The number of nitrogens with zero attached hydrogens (tertiary/aromatic N) is 1. The molecule has 1 fully saturated rings. The molecule has 1 saturated heterocycles. The first-order valence-corrected chi connectivity index (χ1v) is 9.08. The van der Waals surface area contributed by atoms with Crippen molar-refractivity contribution in [1.82, 2.24) is 4.90 Å². The van der Waals surface area contributed by atoms with E-state index >= 15 is 0 Å². The van der Waals surface area contributed by atoms with E-state index in [2.05, 4.69) is 11.8 Å². The number of hydrogen-bond donors (Lipinski definition) is 0. The Morgan fingerprint density at radius 1 is 1.30 bits per heavy atom. The largest absolute Gasteiger partial charge is 0.300 e. The molecule has 0 spiro atoms. The Balaban J connectivity index is 1.90. The molecule has 1 aliphatic heterocycles. The smallest absolute Gasteiger partial charge is 0.147 e. The average Bonchev–Trinajstić information content (AvgIpc) is 2.70. The highest BCUT2D eigenvalue weighted by molar-refractivity contribution is 7.90. The summed E-state index contributed by atoms with van der Waals surface area (Å²) in [5.74, 6) is 0.464. The zero-order chi connectivity index (χ0) is 14.8.